The minimum atomic E-state index is -0.514. The van der Waals surface area contributed by atoms with Gasteiger partial charge in [-0.15, -0.1) is 0 Å². The average Bonchev–Trinajstić information content (AvgIpc) is 2.47. The van der Waals surface area contributed by atoms with Crippen LogP contribution in [0.3, 0.4) is 0 Å². The van der Waals surface area contributed by atoms with E-state index in [2.05, 4.69) is 4.85 Å². The summed E-state index contributed by atoms with van der Waals surface area (Å²) in [5.41, 5.74) is 0.188. The van der Waals surface area contributed by atoms with E-state index in [1.165, 1.54) is 12.1 Å². The van der Waals surface area contributed by atoms with Crippen LogP contribution in [-0.2, 0) is 4.74 Å². The number of aromatic nitrogens is 1. The van der Waals surface area contributed by atoms with Crippen molar-refractivity contribution in [1.29, 1.82) is 0 Å². The van der Waals surface area contributed by atoms with Crippen LogP contribution < -0.4 is 5.84 Å². The summed E-state index contributed by atoms with van der Waals surface area (Å²) < 4.78 is 5.74. The average molecular weight is 179 g/mol. The molecule has 0 atom stereocenters. The van der Waals surface area contributed by atoms with Crippen molar-refractivity contribution in [3.63, 3.8) is 0 Å². The Kier molecular flexibility index (Phi) is 2.55. The predicted octanol–water partition coefficient (Wildman–Crippen LogP) is 0.929. The number of hydrogen-bond donors (Lipinski definition) is 1. The van der Waals surface area contributed by atoms with E-state index in [-0.39, 0.29) is 18.1 Å². The Bertz CT molecular complexity index is 362. The molecule has 0 saturated heterocycles. The number of esters is 1. The lowest BCUT2D eigenvalue weighted by molar-refractivity contribution is 0.0516. The highest BCUT2D eigenvalue weighted by Crippen LogP contribution is 2.14. The molecule has 5 nitrogen and oxygen atoms in total. The number of carbonyl (C=O) groups excluding carboxylic acids is 1. The predicted molar refractivity (Wildman–Crippen MR) is 46.8 cm³/mol. The summed E-state index contributed by atoms with van der Waals surface area (Å²) in [6.07, 6.45) is 0. The van der Waals surface area contributed by atoms with E-state index in [0.717, 1.165) is 4.68 Å². The van der Waals surface area contributed by atoms with Crippen LogP contribution in [0.5, 0.6) is 0 Å². The van der Waals surface area contributed by atoms with Crippen LogP contribution in [0, 0.1) is 6.57 Å². The molecule has 0 aliphatic carbocycles. The molecule has 1 aromatic rings. The first-order valence-corrected chi connectivity index (χ1v) is 3.72. The fraction of sp³-hybridized carbons (Fsp3) is 0.250. The second-order valence-corrected chi connectivity index (χ2v) is 2.28. The van der Waals surface area contributed by atoms with Gasteiger partial charge in [-0.25, -0.2) is 4.79 Å². The van der Waals surface area contributed by atoms with E-state index < -0.39 is 5.97 Å². The first kappa shape index (κ1) is 9.13. The minimum absolute atomic E-state index is 0.188. The van der Waals surface area contributed by atoms with Gasteiger partial charge in [0.2, 0.25) is 5.69 Å². The lowest BCUT2D eigenvalue weighted by atomic mass is 10.4. The van der Waals surface area contributed by atoms with Crippen LogP contribution in [0.25, 0.3) is 4.85 Å². The summed E-state index contributed by atoms with van der Waals surface area (Å²) in [7, 11) is 0. The van der Waals surface area contributed by atoms with Crippen LogP contribution in [0.15, 0.2) is 12.1 Å². The standard InChI is InChI=1S/C8H9N3O2/c1-3-13-8(12)6-4-5-7(10-2)11(6)9/h4-5H,3,9H2,1H3. The molecule has 13 heavy (non-hydrogen) atoms. The second-order valence-electron chi connectivity index (χ2n) is 2.28. The van der Waals surface area contributed by atoms with E-state index in [1.807, 2.05) is 0 Å². The zero-order chi connectivity index (χ0) is 9.84. The van der Waals surface area contributed by atoms with Crippen molar-refractivity contribution in [2.45, 2.75) is 6.92 Å². The Morgan fingerprint density at radius 1 is 1.77 bits per heavy atom. The summed E-state index contributed by atoms with van der Waals surface area (Å²) in [6, 6.07) is 2.94. The summed E-state index contributed by atoms with van der Waals surface area (Å²) in [6.45, 7) is 8.71. The summed E-state index contributed by atoms with van der Waals surface area (Å²) >= 11 is 0. The van der Waals surface area contributed by atoms with Gasteiger partial charge in [-0.3, -0.25) is 5.84 Å². The molecule has 0 unspecified atom stereocenters. The van der Waals surface area contributed by atoms with Gasteiger partial charge in [0.15, 0.2) is 0 Å². The molecule has 1 heterocycles. The number of nitrogen functional groups attached to an aromatic ring is 1. The van der Waals surface area contributed by atoms with Crippen LogP contribution >= 0.6 is 0 Å². The largest absolute Gasteiger partial charge is 0.460 e. The van der Waals surface area contributed by atoms with Crippen molar-refractivity contribution in [1.82, 2.24) is 4.68 Å². The van der Waals surface area contributed by atoms with Crippen molar-refractivity contribution >= 4 is 11.8 Å². The maximum atomic E-state index is 11.2. The molecule has 0 amide bonds. The van der Waals surface area contributed by atoms with E-state index in [4.69, 9.17) is 17.2 Å². The summed E-state index contributed by atoms with van der Waals surface area (Å²) in [4.78, 5) is 14.3. The van der Waals surface area contributed by atoms with Gasteiger partial charge in [0.05, 0.1) is 6.61 Å². The Balaban J connectivity index is 2.97. The maximum Gasteiger partial charge on any atom is 0.379 e. The van der Waals surface area contributed by atoms with Gasteiger partial charge >= 0.3 is 5.97 Å². The van der Waals surface area contributed by atoms with Gasteiger partial charge in [-0.1, -0.05) is 6.57 Å². The fourth-order valence-electron chi connectivity index (χ4n) is 0.900. The van der Waals surface area contributed by atoms with Crippen molar-refractivity contribution in [3.05, 3.63) is 29.2 Å². The third-order valence-corrected chi connectivity index (χ3v) is 1.50. The molecule has 2 N–H and O–H groups in total. The third kappa shape index (κ3) is 1.62. The van der Waals surface area contributed by atoms with E-state index in [9.17, 15) is 4.79 Å². The van der Waals surface area contributed by atoms with Crippen molar-refractivity contribution in [2.24, 2.45) is 0 Å². The first-order valence-electron chi connectivity index (χ1n) is 3.72. The molecule has 0 spiro atoms. The number of ether oxygens (including phenoxy) is 1. The highest BCUT2D eigenvalue weighted by atomic mass is 16.5. The molecule has 68 valence electrons. The molecule has 0 aliphatic heterocycles. The smallest absolute Gasteiger partial charge is 0.379 e. The Hall–Kier alpha value is -1.96. The molecule has 1 rings (SSSR count). The molecule has 0 bridgehead atoms. The number of rotatable bonds is 2. The second kappa shape index (κ2) is 3.63. The normalized spacial score (nSPS) is 9.23. The number of carbonyl (C=O) groups is 1. The van der Waals surface area contributed by atoms with Crippen LogP contribution in [-0.4, -0.2) is 17.3 Å². The van der Waals surface area contributed by atoms with Crippen molar-refractivity contribution < 1.29 is 9.53 Å². The van der Waals surface area contributed by atoms with E-state index >= 15 is 0 Å². The van der Waals surface area contributed by atoms with Crippen LogP contribution in [0.4, 0.5) is 5.82 Å². The number of hydrogen-bond acceptors (Lipinski definition) is 3. The van der Waals surface area contributed by atoms with Gasteiger partial charge in [-0.05, 0) is 19.1 Å². The zero-order valence-electron chi connectivity index (χ0n) is 7.15. The third-order valence-electron chi connectivity index (χ3n) is 1.50. The summed E-state index contributed by atoms with van der Waals surface area (Å²) in [5.74, 6) is 5.14. The molecule has 0 saturated carbocycles. The Labute approximate surface area is 75.5 Å². The van der Waals surface area contributed by atoms with E-state index in [1.54, 1.807) is 6.92 Å². The maximum absolute atomic E-state index is 11.2. The lowest BCUT2D eigenvalue weighted by Gasteiger charge is -1.99. The van der Waals surface area contributed by atoms with Crippen LogP contribution in [0.2, 0.25) is 0 Å². The molecule has 0 aromatic carbocycles. The molecule has 0 fully saturated rings. The molecular weight excluding hydrogens is 170 g/mol. The highest BCUT2D eigenvalue weighted by molar-refractivity contribution is 5.88. The van der Waals surface area contributed by atoms with Crippen LogP contribution in [0.1, 0.15) is 17.4 Å². The van der Waals surface area contributed by atoms with Gasteiger partial charge in [-0.2, -0.15) is 4.68 Å². The molecule has 0 radical (unpaired) electrons. The molecule has 0 aliphatic rings. The van der Waals surface area contributed by atoms with E-state index in [0.29, 0.717) is 0 Å². The monoisotopic (exact) mass is 179 g/mol. The highest BCUT2D eigenvalue weighted by Gasteiger charge is 2.16. The minimum Gasteiger partial charge on any atom is -0.460 e. The molecule has 1 aromatic heterocycles. The van der Waals surface area contributed by atoms with Crippen molar-refractivity contribution in [3.8, 4) is 0 Å². The Morgan fingerprint density at radius 2 is 2.46 bits per heavy atom. The number of nitrogens with zero attached hydrogens (tertiary/aromatic N) is 2. The molecular formula is C8H9N3O2. The topological polar surface area (TPSA) is 61.6 Å². The van der Waals surface area contributed by atoms with Crippen molar-refractivity contribution in [2.75, 3.05) is 12.4 Å². The number of nitrogens with two attached hydrogens (primary N) is 1. The first-order chi connectivity index (χ1) is 6.20. The van der Waals surface area contributed by atoms with Gasteiger partial charge in [0, 0.05) is 0 Å². The lowest BCUT2D eigenvalue weighted by Crippen LogP contribution is -2.17. The fourth-order valence-corrected chi connectivity index (χ4v) is 0.900. The zero-order valence-corrected chi connectivity index (χ0v) is 7.15. The Morgan fingerprint density at radius 3 is 2.92 bits per heavy atom. The summed E-state index contributed by atoms with van der Waals surface area (Å²) in [5, 5.41) is 0. The SMILES string of the molecule is [C-]#[N+]c1ccc(C(=O)OCC)n1N. The quantitative estimate of drug-likeness (QED) is 0.417. The van der Waals surface area contributed by atoms with Gasteiger partial charge in [0.1, 0.15) is 0 Å². The van der Waals surface area contributed by atoms with Gasteiger partial charge < -0.3 is 9.58 Å². The van der Waals surface area contributed by atoms with Gasteiger partial charge in [0.25, 0.3) is 5.82 Å². The molecule has 5 heteroatoms.